The highest BCUT2D eigenvalue weighted by Gasteiger charge is 2.30. The fraction of sp³-hybridized carbons (Fsp3) is 0.182. The van der Waals surface area contributed by atoms with E-state index in [-0.39, 0.29) is 22.5 Å². The fourth-order valence-corrected chi connectivity index (χ4v) is 4.25. The van der Waals surface area contributed by atoms with Crippen LogP contribution in [0, 0.1) is 5.82 Å². The molecule has 0 atom stereocenters. The molecule has 4 aromatic rings. The molecule has 6 nitrogen and oxygen atoms in total. The molecule has 1 saturated carbocycles. The fourth-order valence-electron chi connectivity index (χ4n) is 4.25. The molecule has 0 saturated heterocycles. The summed E-state index contributed by atoms with van der Waals surface area (Å²) in [5, 5.41) is 9.47. The first-order chi connectivity index (χ1) is 14.0. The number of halogens is 1. The van der Waals surface area contributed by atoms with Crippen LogP contribution in [0.4, 0.5) is 4.39 Å². The molecule has 0 amide bonds. The maximum Gasteiger partial charge on any atom is 0.341 e. The smallest absolute Gasteiger partial charge is 0.341 e. The highest BCUT2D eigenvalue weighted by atomic mass is 19.1. The molecule has 1 fully saturated rings. The number of aromatic carboxylic acids is 1. The number of pyridine rings is 1. The van der Waals surface area contributed by atoms with E-state index in [1.165, 1.54) is 6.20 Å². The second-order valence-corrected chi connectivity index (χ2v) is 7.62. The van der Waals surface area contributed by atoms with Crippen molar-refractivity contribution in [3.63, 3.8) is 0 Å². The van der Waals surface area contributed by atoms with Gasteiger partial charge in [-0.2, -0.15) is 0 Å². The van der Waals surface area contributed by atoms with Gasteiger partial charge in [-0.25, -0.2) is 19.2 Å². The van der Waals surface area contributed by atoms with Crippen LogP contribution in [0.25, 0.3) is 33.2 Å². The van der Waals surface area contributed by atoms with Gasteiger partial charge in [0.15, 0.2) is 5.82 Å². The minimum atomic E-state index is -1.32. The third-order valence-electron chi connectivity index (χ3n) is 5.76. The van der Waals surface area contributed by atoms with Crippen LogP contribution < -0.4 is 5.43 Å². The Labute approximate surface area is 163 Å². The average Bonchev–Trinajstić information content (AvgIpc) is 3.48. The Morgan fingerprint density at radius 3 is 2.72 bits per heavy atom. The number of nitrogens with zero attached hydrogens (tertiary/aromatic N) is 3. The van der Waals surface area contributed by atoms with Crippen molar-refractivity contribution in [1.29, 1.82) is 0 Å². The van der Waals surface area contributed by atoms with Crippen molar-refractivity contribution in [1.82, 2.24) is 14.5 Å². The molecule has 2 aliphatic carbocycles. The molecule has 0 spiro atoms. The highest BCUT2D eigenvalue weighted by Crippen LogP contribution is 2.40. The van der Waals surface area contributed by atoms with Gasteiger partial charge in [0.25, 0.3) is 0 Å². The minimum Gasteiger partial charge on any atom is -0.477 e. The van der Waals surface area contributed by atoms with Crippen molar-refractivity contribution < 1.29 is 14.3 Å². The zero-order valence-corrected chi connectivity index (χ0v) is 15.1. The van der Waals surface area contributed by atoms with Crippen molar-refractivity contribution in [2.45, 2.75) is 25.3 Å². The molecule has 142 valence electrons. The van der Waals surface area contributed by atoms with E-state index in [4.69, 9.17) is 4.98 Å². The standard InChI is InChI=1S/C22H14FN3O3/c23-15-8-13-20(26(11-5-6-11)9-14(21(13)27)22(28)29)19-18(15)24-16-7-10-3-1-2-4-12(10)17(16)25-19/h1-4,8-9,11H,5-7H2,(H,28,29). The molecule has 1 N–H and O–H groups in total. The molecule has 2 aromatic heterocycles. The zero-order valence-electron chi connectivity index (χ0n) is 15.1. The summed E-state index contributed by atoms with van der Waals surface area (Å²) < 4.78 is 16.7. The van der Waals surface area contributed by atoms with E-state index in [0.717, 1.165) is 30.0 Å². The lowest BCUT2D eigenvalue weighted by atomic mass is 10.1. The van der Waals surface area contributed by atoms with Crippen LogP contribution in [0.3, 0.4) is 0 Å². The van der Waals surface area contributed by atoms with Crippen LogP contribution in [0.2, 0.25) is 0 Å². The molecule has 2 aliphatic rings. The van der Waals surface area contributed by atoms with Crippen molar-refractivity contribution in [2.75, 3.05) is 0 Å². The average molecular weight is 387 g/mol. The first kappa shape index (κ1) is 16.4. The maximum atomic E-state index is 15.0. The Balaban J connectivity index is 1.79. The summed E-state index contributed by atoms with van der Waals surface area (Å²) in [7, 11) is 0. The first-order valence-electron chi connectivity index (χ1n) is 9.42. The predicted octanol–water partition coefficient (Wildman–Crippen LogP) is 3.69. The van der Waals surface area contributed by atoms with Gasteiger partial charge >= 0.3 is 5.97 Å². The van der Waals surface area contributed by atoms with Crippen LogP contribution in [0.1, 0.15) is 40.5 Å². The van der Waals surface area contributed by atoms with Gasteiger partial charge in [0.1, 0.15) is 16.6 Å². The third kappa shape index (κ3) is 2.21. The van der Waals surface area contributed by atoms with Gasteiger partial charge in [0.2, 0.25) is 5.43 Å². The van der Waals surface area contributed by atoms with Crippen LogP contribution >= 0.6 is 0 Å². The quantitative estimate of drug-likeness (QED) is 0.467. The largest absolute Gasteiger partial charge is 0.477 e. The van der Waals surface area contributed by atoms with Crippen molar-refractivity contribution in [3.05, 3.63) is 69.4 Å². The van der Waals surface area contributed by atoms with Gasteiger partial charge in [0.05, 0.1) is 22.3 Å². The normalized spacial score (nSPS) is 14.9. The lowest BCUT2D eigenvalue weighted by Crippen LogP contribution is -2.19. The van der Waals surface area contributed by atoms with Crippen LogP contribution in [-0.4, -0.2) is 25.6 Å². The Hall–Kier alpha value is -3.61. The summed E-state index contributed by atoms with van der Waals surface area (Å²) >= 11 is 0. The molecule has 2 aromatic carbocycles. The van der Waals surface area contributed by atoms with E-state index in [1.807, 2.05) is 24.3 Å². The lowest BCUT2D eigenvalue weighted by Gasteiger charge is -2.14. The Morgan fingerprint density at radius 2 is 1.97 bits per heavy atom. The summed E-state index contributed by atoms with van der Waals surface area (Å²) in [6.45, 7) is 0. The monoisotopic (exact) mass is 387 g/mol. The van der Waals surface area contributed by atoms with Crippen LogP contribution in [0.5, 0.6) is 0 Å². The first-order valence-corrected chi connectivity index (χ1v) is 9.42. The van der Waals surface area contributed by atoms with Gasteiger partial charge in [-0.15, -0.1) is 0 Å². The summed E-state index contributed by atoms with van der Waals surface area (Å²) in [4.78, 5) is 33.7. The summed E-state index contributed by atoms with van der Waals surface area (Å²) in [5.41, 5.74) is 3.25. The van der Waals surface area contributed by atoms with E-state index in [9.17, 15) is 19.1 Å². The van der Waals surface area contributed by atoms with E-state index in [2.05, 4.69) is 4.98 Å². The number of aromatic nitrogens is 3. The van der Waals surface area contributed by atoms with Gasteiger partial charge in [-0.05, 0) is 24.5 Å². The summed E-state index contributed by atoms with van der Waals surface area (Å²) in [6.07, 6.45) is 3.69. The maximum absolute atomic E-state index is 15.0. The molecule has 0 radical (unpaired) electrons. The number of fused-ring (bicyclic) bond motifs is 6. The molecule has 6 rings (SSSR count). The number of benzene rings is 2. The Morgan fingerprint density at radius 1 is 1.17 bits per heavy atom. The molecule has 0 aliphatic heterocycles. The van der Waals surface area contributed by atoms with E-state index in [0.29, 0.717) is 28.8 Å². The number of hydrogen-bond donors (Lipinski definition) is 1. The van der Waals surface area contributed by atoms with Crippen LogP contribution in [0.15, 0.2) is 41.3 Å². The number of carboxylic acid groups (broad SMARTS) is 1. The molecular formula is C22H14FN3O3. The summed E-state index contributed by atoms with van der Waals surface area (Å²) in [5.74, 6) is -1.98. The Bertz CT molecular complexity index is 1450. The molecule has 7 heteroatoms. The van der Waals surface area contributed by atoms with Crippen molar-refractivity contribution in [2.24, 2.45) is 0 Å². The topological polar surface area (TPSA) is 85.1 Å². The number of rotatable bonds is 2. The minimum absolute atomic E-state index is 0.0299. The van der Waals surface area contributed by atoms with Gasteiger partial charge in [-0.3, -0.25) is 4.79 Å². The van der Waals surface area contributed by atoms with Gasteiger partial charge < -0.3 is 9.67 Å². The van der Waals surface area contributed by atoms with E-state index < -0.39 is 17.2 Å². The van der Waals surface area contributed by atoms with Crippen LogP contribution in [-0.2, 0) is 6.42 Å². The molecule has 0 bridgehead atoms. The Kier molecular flexibility index (Phi) is 3.08. The predicted molar refractivity (Wildman–Crippen MR) is 105 cm³/mol. The second kappa shape index (κ2) is 5.47. The van der Waals surface area contributed by atoms with Crippen molar-refractivity contribution >= 4 is 27.9 Å². The molecule has 29 heavy (non-hydrogen) atoms. The number of carboxylic acids is 1. The van der Waals surface area contributed by atoms with Gasteiger partial charge in [0, 0.05) is 24.2 Å². The molecule has 2 heterocycles. The lowest BCUT2D eigenvalue weighted by molar-refractivity contribution is 0.0695. The molecule has 0 unspecified atom stereocenters. The van der Waals surface area contributed by atoms with Crippen molar-refractivity contribution in [3.8, 4) is 11.3 Å². The zero-order chi connectivity index (χ0) is 19.9. The third-order valence-corrected chi connectivity index (χ3v) is 5.76. The number of carbonyl (C=O) groups is 1. The van der Waals surface area contributed by atoms with Gasteiger partial charge in [-0.1, -0.05) is 24.3 Å². The van der Waals surface area contributed by atoms with E-state index in [1.54, 1.807) is 4.57 Å². The number of hydrogen-bond acceptors (Lipinski definition) is 4. The SMILES string of the molecule is O=C(O)c1cn(C2CC2)c2c(cc(F)c3nc4c(nc32)-c2ccccc2C4)c1=O. The highest BCUT2D eigenvalue weighted by molar-refractivity contribution is 6.05. The molecular weight excluding hydrogens is 373 g/mol. The second-order valence-electron chi connectivity index (χ2n) is 7.62. The summed E-state index contributed by atoms with van der Waals surface area (Å²) in [6, 6.07) is 9.00. The van der Waals surface area contributed by atoms with E-state index >= 15 is 0 Å².